The van der Waals surface area contributed by atoms with Gasteiger partial charge < -0.3 is 35.6 Å². The maximum absolute atomic E-state index is 14.2. The maximum atomic E-state index is 14.2. The van der Waals surface area contributed by atoms with Crippen LogP contribution in [0.25, 0.3) is 11.1 Å². The summed E-state index contributed by atoms with van der Waals surface area (Å²) in [7, 11) is 1.55. The number of carbonyl (C=O) groups excluding carboxylic acids is 4. The van der Waals surface area contributed by atoms with E-state index in [9.17, 15) is 19.2 Å². The van der Waals surface area contributed by atoms with Crippen molar-refractivity contribution in [1.29, 1.82) is 0 Å². The van der Waals surface area contributed by atoms with Crippen LogP contribution in [-0.2, 0) is 40.4 Å². The van der Waals surface area contributed by atoms with E-state index in [0.29, 0.717) is 30.8 Å². The van der Waals surface area contributed by atoms with Gasteiger partial charge in [0.2, 0.25) is 11.8 Å². The number of amides is 5. The molecule has 0 fully saturated rings. The molecular formula is C44H45N5O6. The molecule has 0 aromatic heterocycles. The van der Waals surface area contributed by atoms with Crippen LogP contribution in [0, 0.1) is 0 Å². The van der Waals surface area contributed by atoms with Crippen molar-refractivity contribution in [2.45, 2.75) is 58.0 Å². The molecule has 4 N–H and O–H groups in total. The second-order valence-electron chi connectivity index (χ2n) is 13.8. The molecule has 0 spiro atoms. The third kappa shape index (κ3) is 9.68. The fourth-order valence-electron chi connectivity index (χ4n) is 6.44. The predicted octanol–water partition coefficient (Wildman–Crippen LogP) is 7.35. The van der Waals surface area contributed by atoms with Crippen LogP contribution in [0.1, 0.15) is 42.5 Å². The normalized spacial score (nSPS) is 13.8. The topological polar surface area (TPSA) is 138 Å². The minimum Gasteiger partial charge on any atom is -0.495 e. The fourth-order valence-corrected chi connectivity index (χ4v) is 6.44. The number of fused-ring (bicyclic) bond motifs is 1. The lowest BCUT2D eigenvalue weighted by Crippen LogP contribution is -2.59. The summed E-state index contributed by atoms with van der Waals surface area (Å²) in [6, 6.07) is 38.9. The Morgan fingerprint density at radius 2 is 1.49 bits per heavy atom. The molecule has 5 aromatic carbocycles. The van der Waals surface area contributed by atoms with Crippen molar-refractivity contribution in [1.82, 2.24) is 16.0 Å². The van der Waals surface area contributed by atoms with Gasteiger partial charge in [-0.2, -0.15) is 0 Å². The van der Waals surface area contributed by atoms with Gasteiger partial charge in [-0.15, -0.1) is 0 Å². The summed E-state index contributed by atoms with van der Waals surface area (Å²) in [5.74, 6) is -0.171. The smallest absolute Gasteiger partial charge is 0.408 e. The lowest BCUT2D eigenvalue weighted by Gasteiger charge is -2.30. The number of benzene rings is 5. The molecule has 0 bridgehead atoms. The fraction of sp³-hybridized carbons (Fsp3) is 0.227. The first-order chi connectivity index (χ1) is 26.6. The zero-order valence-electron chi connectivity index (χ0n) is 31.1. The lowest BCUT2D eigenvalue weighted by atomic mass is 9.98. The quantitative estimate of drug-likeness (QED) is 0.106. The summed E-state index contributed by atoms with van der Waals surface area (Å²) < 4.78 is 10.7. The van der Waals surface area contributed by atoms with Gasteiger partial charge in [0.25, 0.3) is 0 Å². The molecule has 11 nitrogen and oxygen atoms in total. The van der Waals surface area contributed by atoms with Crippen LogP contribution in [0.5, 0.6) is 5.75 Å². The average molecular weight is 740 g/mol. The van der Waals surface area contributed by atoms with E-state index >= 15 is 0 Å². The van der Waals surface area contributed by atoms with Gasteiger partial charge in [-0.05, 0) is 78.3 Å². The average Bonchev–Trinajstić information content (AvgIpc) is 3.32. The summed E-state index contributed by atoms with van der Waals surface area (Å²) in [5, 5.41) is 11.3. The number of nitrogens with zero attached hydrogens (tertiary/aromatic N) is 1. The maximum Gasteiger partial charge on any atom is 0.408 e. The number of rotatable bonds is 12. The predicted molar refractivity (Wildman–Crippen MR) is 212 cm³/mol. The number of ether oxygens (including phenoxy) is 2. The number of aryl methyl sites for hydroxylation is 1. The Bertz CT molecular complexity index is 2140. The van der Waals surface area contributed by atoms with Crippen LogP contribution >= 0.6 is 0 Å². The molecule has 0 radical (unpaired) electrons. The van der Waals surface area contributed by atoms with Crippen molar-refractivity contribution in [3.8, 4) is 16.9 Å². The number of hydrogen-bond acceptors (Lipinski definition) is 6. The largest absolute Gasteiger partial charge is 0.495 e. The molecule has 5 aromatic rings. The Morgan fingerprint density at radius 1 is 0.800 bits per heavy atom. The molecule has 6 rings (SSSR count). The molecule has 5 amide bonds. The molecule has 55 heavy (non-hydrogen) atoms. The van der Waals surface area contributed by atoms with Gasteiger partial charge >= 0.3 is 12.1 Å². The number of para-hydroxylation sites is 3. The van der Waals surface area contributed by atoms with Crippen molar-refractivity contribution >= 4 is 35.3 Å². The van der Waals surface area contributed by atoms with E-state index in [2.05, 4.69) is 21.3 Å². The molecule has 0 unspecified atom stereocenters. The SMILES string of the molecule is COc1ccccc1NC(=O)NCc1ccccc1-c1ccc(CN2C(=O)[C@H](NC(=O)C(C)(C)NC(=O)OCc3ccccc3)CCc3ccccc32)cc1. The van der Waals surface area contributed by atoms with Gasteiger partial charge in [0.15, 0.2) is 0 Å². The third-order valence-electron chi connectivity index (χ3n) is 9.47. The first-order valence-corrected chi connectivity index (χ1v) is 18.2. The highest BCUT2D eigenvalue weighted by atomic mass is 16.5. The molecule has 0 saturated carbocycles. The van der Waals surface area contributed by atoms with Gasteiger partial charge in [0.1, 0.15) is 23.9 Å². The lowest BCUT2D eigenvalue weighted by molar-refractivity contribution is -0.131. The number of hydrogen-bond donors (Lipinski definition) is 4. The number of methoxy groups -OCH3 is 1. The van der Waals surface area contributed by atoms with E-state index in [4.69, 9.17) is 9.47 Å². The van der Waals surface area contributed by atoms with Crippen LogP contribution in [-0.4, -0.2) is 42.6 Å². The summed E-state index contributed by atoms with van der Waals surface area (Å²) in [5.41, 5.74) is 5.59. The van der Waals surface area contributed by atoms with Gasteiger partial charge in [0.05, 0.1) is 19.3 Å². The highest BCUT2D eigenvalue weighted by Crippen LogP contribution is 2.30. The van der Waals surface area contributed by atoms with E-state index in [1.54, 1.807) is 38.0 Å². The van der Waals surface area contributed by atoms with Crippen LogP contribution in [0.2, 0.25) is 0 Å². The molecule has 11 heteroatoms. The van der Waals surface area contributed by atoms with E-state index in [0.717, 1.165) is 39.1 Å². The van der Waals surface area contributed by atoms with E-state index < -0.39 is 23.6 Å². The number of anilines is 2. The molecule has 1 heterocycles. The highest BCUT2D eigenvalue weighted by Gasteiger charge is 2.36. The minimum absolute atomic E-state index is 0.0631. The summed E-state index contributed by atoms with van der Waals surface area (Å²) in [6.07, 6.45) is 0.242. The van der Waals surface area contributed by atoms with Crippen LogP contribution < -0.4 is 30.9 Å². The zero-order valence-corrected chi connectivity index (χ0v) is 31.1. The van der Waals surface area contributed by atoms with Crippen molar-refractivity contribution in [2.75, 3.05) is 17.3 Å². The van der Waals surface area contributed by atoms with Crippen molar-refractivity contribution in [3.05, 3.63) is 150 Å². The molecule has 1 aliphatic rings. The third-order valence-corrected chi connectivity index (χ3v) is 9.47. The van der Waals surface area contributed by atoms with Crippen molar-refractivity contribution in [2.24, 2.45) is 0 Å². The Kier molecular flexibility index (Phi) is 12.1. The first-order valence-electron chi connectivity index (χ1n) is 18.2. The minimum atomic E-state index is -1.35. The van der Waals surface area contributed by atoms with Gasteiger partial charge in [-0.3, -0.25) is 9.59 Å². The molecule has 0 aliphatic carbocycles. The van der Waals surface area contributed by atoms with Crippen LogP contribution in [0.4, 0.5) is 21.0 Å². The molecular weight excluding hydrogens is 695 g/mol. The van der Waals surface area contributed by atoms with E-state index in [1.165, 1.54) is 0 Å². The van der Waals surface area contributed by atoms with Gasteiger partial charge in [-0.25, -0.2) is 9.59 Å². The highest BCUT2D eigenvalue weighted by molar-refractivity contribution is 6.01. The number of nitrogens with one attached hydrogen (secondary N) is 4. The Labute approximate surface area is 321 Å². The Morgan fingerprint density at radius 3 is 2.27 bits per heavy atom. The molecule has 1 aliphatic heterocycles. The first kappa shape index (κ1) is 38.1. The van der Waals surface area contributed by atoms with Crippen LogP contribution in [0.3, 0.4) is 0 Å². The number of carbonyl (C=O) groups is 4. The second-order valence-corrected chi connectivity index (χ2v) is 13.8. The molecule has 282 valence electrons. The summed E-state index contributed by atoms with van der Waals surface area (Å²) in [6.45, 7) is 3.79. The molecule has 1 atom stereocenters. The van der Waals surface area contributed by atoms with Gasteiger partial charge in [0, 0.05) is 12.2 Å². The Hall–Kier alpha value is -6.62. The van der Waals surface area contributed by atoms with Crippen molar-refractivity contribution in [3.63, 3.8) is 0 Å². The number of urea groups is 1. The zero-order chi connectivity index (χ0) is 38.8. The number of alkyl carbamates (subject to hydrolysis) is 1. The van der Waals surface area contributed by atoms with Gasteiger partial charge in [-0.1, -0.05) is 109 Å². The Balaban J connectivity index is 1.12. The van der Waals surface area contributed by atoms with E-state index in [-0.39, 0.29) is 25.1 Å². The second kappa shape index (κ2) is 17.5. The van der Waals surface area contributed by atoms with Crippen molar-refractivity contribution < 1.29 is 28.7 Å². The van der Waals surface area contributed by atoms with Crippen LogP contribution in [0.15, 0.2) is 127 Å². The summed E-state index contributed by atoms with van der Waals surface area (Å²) >= 11 is 0. The standard InChI is InChI=1S/C44H45N5O6/c1-44(2,48-43(53)55-29-31-13-5-4-6-14-31)41(51)46-37-26-25-33-15-8-11-19-38(33)49(40(37)50)28-30-21-23-32(24-22-30)35-17-9-7-16-34(35)27-45-42(52)47-36-18-10-12-20-39(36)54-3/h4-24,37H,25-29H2,1-3H3,(H,46,51)(H,48,53)(H2,45,47,52)/t37-/m1/s1. The monoisotopic (exact) mass is 739 g/mol. The van der Waals surface area contributed by atoms with E-state index in [1.807, 2.05) is 115 Å². The summed E-state index contributed by atoms with van der Waals surface area (Å²) in [4.78, 5) is 54.9. The molecule has 0 saturated heterocycles.